The van der Waals surface area contributed by atoms with Crippen LogP contribution in [0.3, 0.4) is 0 Å². The van der Waals surface area contributed by atoms with Gasteiger partial charge in [-0.15, -0.1) is 0 Å². The van der Waals surface area contributed by atoms with E-state index in [2.05, 4.69) is 0 Å². The molecule has 2 heterocycles. The highest BCUT2D eigenvalue weighted by Crippen LogP contribution is 2.47. The zero-order chi connectivity index (χ0) is 12.3. The van der Waals surface area contributed by atoms with Gasteiger partial charge in [0.25, 0.3) is 0 Å². The molecule has 0 bridgehead atoms. The van der Waals surface area contributed by atoms with Crippen LogP contribution in [0.15, 0.2) is 0 Å². The number of amides is 1. The van der Waals surface area contributed by atoms with Crippen LogP contribution in [0.2, 0.25) is 0 Å². The van der Waals surface area contributed by atoms with Gasteiger partial charge in [-0.3, -0.25) is 4.79 Å². The first-order valence-electron chi connectivity index (χ1n) is 5.04. The van der Waals surface area contributed by atoms with E-state index in [1.807, 2.05) is 0 Å². The third kappa shape index (κ3) is 0.991. The molecule has 0 aliphatic carbocycles. The predicted octanol–water partition coefficient (Wildman–Crippen LogP) is -0.405. The molecule has 2 aliphatic rings. The molecular formula is C9H13NO5S. The lowest BCUT2D eigenvalue weighted by molar-refractivity contribution is -0.157. The van der Waals surface area contributed by atoms with Crippen molar-refractivity contribution in [1.82, 2.24) is 4.90 Å². The average Bonchev–Trinajstić information content (AvgIpc) is 2.32. The molecule has 0 aromatic carbocycles. The number of carbonyl (C=O) groups is 2. The summed E-state index contributed by atoms with van der Waals surface area (Å²) in [5.41, 5.74) is 0. The van der Waals surface area contributed by atoms with E-state index in [1.54, 1.807) is 6.92 Å². The van der Waals surface area contributed by atoms with Crippen molar-refractivity contribution < 1.29 is 23.1 Å². The summed E-state index contributed by atoms with van der Waals surface area (Å²) < 4.78 is 22.9. The van der Waals surface area contributed by atoms with E-state index >= 15 is 0 Å². The third-order valence-electron chi connectivity index (χ3n) is 3.75. The summed E-state index contributed by atoms with van der Waals surface area (Å²) in [6, 6.07) is -1.24. The van der Waals surface area contributed by atoms with Gasteiger partial charge in [-0.05, 0) is 13.3 Å². The fourth-order valence-corrected chi connectivity index (χ4v) is 4.96. The van der Waals surface area contributed by atoms with Crippen LogP contribution in [0, 0.1) is 0 Å². The molecule has 1 N–H and O–H groups in total. The second-order valence-electron chi connectivity index (χ2n) is 4.41. The normalized spacial score (nSPS) is 40.4. The smallest absolute Gasteiger partial charge is 0.328 e. The molecule has 90 valence electrons. The van der Waals surface area contributed by atoms with Crippen molar-refractivity contribution in [3.63, 3.8) is 0 Å². The largest absolute Gasteiger partial charge is 0.480 e. The Bertz CT molecular complexity index is 470. The van der Waals surface area contributed by atoms with E-state index in [0.29, 0.717) is 0 Å². The van der Waals surface area contributed by atoms with Gasteiger partial charge in [-0.2, -0.15) is 0 Å². The predicted molar refractivity (Wildman–Crippen MR) is 54.3 cm³/mol. The number of aliphatic carboxylic acids is 1. The van der Waals surface area contributed by atoms with Crippen molar-refractivity contribution in [2.75, 3.05) is 0 Å². The summed E-state index contributed by atoms with van der Waals surface area (Å²) >= 11 is 0. The summed E-state index contributed by atoms with van der Waals surface area (Å²) in [4.78, 5) is 23.5. The SMILES string of the molecule is CCC1(C)[C@H](C(=O)O)N2C(=O)C[C@H]2S1(=O)=O. The van der Waals surface area contributed by atoms with Gasteiger partial charge in [0.1, 0.15) is 16.2 Å². The number of hydrogen-bond donors (Lipinski definition) is 1. The van der Waals surface area contributed by atoms with Crippen LogP contribution in [0.5, 0.6) is 0 Å². The summed E-state index contributed by atoms with van der Waals surface area (Å²) in [7, 11) is -3.58. The lowest BCUT2D eigenvalue weighted by Crippen LogP contribution is -2.57. The van der Waals surface area contributed by atoms with Gasteiger partial charge in [-0.25, -0.2) is 13.2 Å². The zero-order valence-corrected chi connectivity index (χ0v) is 9.82. The average molecular weight is 247 g/mol. The van der Waals surface area contributed by atoms with Gasteiger partial charge < -0.3 is 10.0 Å². The van der Waals surface area contributed by atoms with E-state index in [0.717, 1.165) is 4.90 Å². The van der Waals surface area contributed by atoms with Crippen LogP contribution in [0.1, 0.15) is 26.7 Å². The van der Waals surface area contributed by atoms with Gasteiger partial charge in [0.05, 0.1) is 6.42 Å². The number of sulfone groups is 1. The second kappa shape index (κ2) is 2.97. The van der Waals surface area contributed by atoms with Crippen molar-refractivity contribution >= 4 is 21.7 Å². The van der Waals surface area contributed by atoms with Gasteiger partial charge in [0.15, 0.2) is 9.84 Å². The number of β-lactam (4-membered cyclic amide) rings is 1. The standard InChI is InChI=1S/C9H13NO5S/c1-3-9(2)7(8(12)13)10-5(11)4-6(10)16(9,14)15/h6-7H,3-4H2,1-2H3,(H,12,13)/t6-,7+,9?/m1/s1. The number of carbonyl (C=O) groups excluding carboxylic acids is 1. The Morgan fingerprint density at radius 1 is 1.62 bits per heavy atom. The Morgan fingerprint density at radius 2 is 2.19 bits per heavy atom. The highest BCUT2D eigenvalue weighted by molar-refractivity contribution is 7.93. The molecule has 2 fully saturated rings. The van der Waals surface area contributed by atoms with Crippen LogP contribution >= 0.6 is 0 Å². The quantitative estimate of drug-likeness (QED) is 0.670. The van der Waals surface area contributed by atoms with Crippen LogP contribution in [0.4, 0.5) is 0 Å². The minimum Gasteiger partial charge on any atom is -0.480 e. The zero-order valence-electron chi connectivity index (χ0n) is 9.00. The second-order valence-corrected chi connectivity index (χ2v) is 6.98. The van der Waals surface area contributed by atoms with Crippen LogP contribution in [0.25, 0.3) is 0 Å². The monoisotopic (exact) mass is 247 g/mol. The number of hydrogen-bond acceptors (Lipinski definition) is 4. The Hall–Kier alpha value is -1.11. The highest BCUT2D eigenvalue weighted by atomic mass is 32.2. The minimum atomic E-state index is -3.58. The summed E-state index contributed by atoms with van der Waals surface area (Å²) in [5.74, 6) is -1.64. The van der Waals surface area contributed by atoms with Crippen LogP contribution < -0.4 is 0 Å². The molecule has 2 rings (SSSR count). The number of rotatable bonds is 2. The summed E-state index contributed by atoms with van der Waals surface area (Å²) in [6.07, 6.45) is 0.105. The molecule has 0 aromatic rings. The molecule has 2 saturated heterocycles. The molecule has 6 nitrogen and oxygen atoms in total. The van der Waals surface area contributed by atoms with Crippen molar-refractivity contribution in [3.8, 4) is 0 Å². The van der Waals surface area contributed by atoms with Crippen molar-refractivity contribution in [1.29, 1.82) is 0 Å². The molecular weight excluding hydrogens is 234 g/mol. The first-order valence-corrected chi connectivity index (χ1v) is 6.59. The molecule has 16 heavy (non-hydrogen) atoms. The molecule has 3 atom stereocenters. The lowest BCUT2D eigenvalue weighted by Gasteiger charge is -2.35. The van der Waals surface area contributed by atoms with Crippen LogP contribution in [-0.4, -0.2) is 46.5 Å². The fraction of sp³-hybridized carbons (Fsp3) is 0.778. The number of nitrogens with zero attached hydrogens (tertiary/aromatic N) is 1. The van der Waals surface area contributed by atoms with E-state index < -0.39 is 37.9 Å². The maximum Gasteiger partial charge on any atom is 0.328 e. The Kier molecular flexibility index (Phi) is 2.11. The van der Waals surface area contributed by atoms with E-state index in [4.69, 9.17) is 5.11 Å². The molecule has 7 heteroatoms. The van der Waals surface area contributed by atoms with E-state index in [1.165, 1.54) is 6.92 Å². The van der Waals surface area contributed by atoms with E-state index in [9.17, 15) is 18.0 Å². The fourth-order valence-electron chi connectivity index (χ4n) is 2.51. The first-order chi connectivity index (χ1) is 7.27. The summed E-state index contributed by atoms with van der Waals surface area (Å²) in [5, 5.41) is 8.17. The van der Waals surface area contributed by atoms with Crippen molar-refractivity contribution in [2.24, 2.45) is 0 Å². The van der Waals surface area contributed by atoms with E-state index in [-0.39, 0.29) is 12.8 Å². The molecule has 2 aliphatic heterocycles. The third-order valence-corrected chi connectivity index (χ3v) is 6.67. The molecule has 0 saturated carbocycles. The maximum absolute atomic E-state index is 12.1. The number of fused-ring (bicyclic) bond motifs is 1. The Labute approximate surface area is 93.1 Å². The Balaban J connectivity index is 2.59. The van der Waals surface area contributed by atoms with Gasteiger partial charge in [0, 0.05) is 0 Å². The number of carboxylic acid groups (broad SMARTS) is 1. The molecule has 1 unspecified atom stereocenters. The highest BCUT2D eigenvalue weighted by Gasteiger charge is 2.69. The lowest BCUT2D eigenvalue weighted by atomic mass is 9.94. The van der Waals surface area contributed by atoms with Crippen molar-refractivity contribution in [2.45, 2.75) is 42.9 Å². The first kappa shape index (κ1) is 11.4. The van der Waals surface area contributed by atoms with Gasteiger partial charge in [-0.1, -0.05) is 6.92 Å². The molecule has 1 amide bonds. The topological polar surface area (TPSA) is 91.8 Å². The molecule has 0 spiro atoms. The maximum atomic E-state index is 12.1. The summed E-state index contributed by atoms with van der Waals surface area (Å²) in [6.45, 7) is 3.04. The van der Waals surface area contributed by atoms with Gasteiger partial charge >= 0.3 is 5.97 Å². The van der Waals surface area contributed by atoms with Crippen molar-refractivity contribution in [3.05, 3.63) is 0 Å². The van der Waals surface area contributed by atoms with Gasteiger partial charge in [0.2, 0.25) is 5.91 Å². The van der Waals surface area contributed by atoms with Crippen LogP contribution in [-0.2, 0) is 19.4 Å². The Morgan fingerprint density at radius 3 is 2.56 bits per heavy atom. The number of carboxylic acids is 1. The molecule has 0 radical (unpaired) electrons. The molecule has 0 aromatic heterocycles. The minimum absolute atomic E-state index is 0.0816.